The second-order valence-electron chi connectivity index (χ2n) is 5.06. The van der Waals surface area contributed by atoms with E-state index in [4.69, 9.17) is 9.47 Å². The molecular formula is C19H14O4. The van der Waals surface area contributed by atoms with Crippen LogP contribution in [0.1, 0.15) is 28.7 Å². The van der Waals surface area contributed by atoms with Crippen molar-refractivity contribution in [1.82, 2.24) is 0 Å². The monoisotopic (exact) mass is 306 g/mol. The third-order valence-corrected chi connectivity index (χ3v) is 3.43. The van der Waals surface area contributed by atoms with Crippen molar-refractivity contribution < 1.29 is 19.1 Å². The van der Waals surface area contributed by atoms with Gasteiger partial charge in [-0.25, -0.2) is 0 Å². The fraction of sp³-hybridized carbons (Fsp3) is 0.158. The van der Waals surface area contributed by atoms with Gasteiger partial charge in [0.05, 0.1) is 0 Å². The van der Waals surface area contributed by atoms with E-state index in [1.807, 2.05) is 48.5 Å². The molecule has 114 valence electrons. The molecule has 0 aliphatic carbocycles. The van der Waals surface area contributed by atoms with Gasteiger partial charge >= 0.3 is 11.9 Å². The maximum Gasteiger partial charge on any atom is 0.317 e. The minimum atomic E-state index is -0.606. The van der Waals surface area contributed by atoms with Crippen LogP contribution in [0.5, 0.6) is 0 Å². The van der Waals surface area contributed by atoms with Crippen LogP contribution in [0, 0.1) is 11.8 Å². The molecule has 0 bridgehead atoms. The molecule has 2 aromatic carbocycles. The average Bonchev–Trinajstić information content (AvgIpc) is 2.58. The third-order valence-electron chi connectivity index (χ3n) is 3.43. The van der Waals surface area contributed by atoms with Gasteiger partial charge in [-0.2, -0.15) is 0 Å². The Hall–Kier alpha value is -3.06. The van der Waals surface area contributed by atoms with E-state index in [2.05, 4.69) is 11.8 Å². The summed E-state index contributed by atoms with van der Waals surface area (Å²) in [5.41, 5.74) is 3.19. The fourth-order valence-corrected chi connectivity index (χ4v) is 2.21. The van der Waals surface area contributed by atoms with Crippen LogP contribution in [0.4, 0.5) is 0 Å². The van der Waals surface area contributed by atoms with Crippen molar-refractivity contribution in [3.8, 4) is 11.8 Å². The molecule has 0 amide bonds. The Bertz CT molecular complexity index is 746. The smallest absolute Gasteiger partial charge is 0.317 e. The normalized spacial score (nSPS) is 14.4. The van der Waals surface area contributed by atoms with Crippen LogP contribution in [0.15, 0.2) is 48.5 Å². The first kappa shape index (κ1) is 14.9. The maximum absolute atomic E-state index is 11.7. The number of hydrogen-bond donors (Lipinski definition) is 0. The molecule has 0 unspecified atom stereocenters. The van der Waals surface area contributed by atoms with Crippen molar-refractivity contribution in [2.45, 2.75) is 19.6 Å². The van der Waals surface area contributed by atoms with Crippen molar-refractivity contribution in [2.75, 3.05) is 0 Å². The molecule has 3 rings (SSSR count). The van der Waals surface area contributed by atoms with Gasteiger partial charge in [-0.3, -0.25) is 9.59 Å². The highest BCUT2D eigenvalue weighted by Gasteiger charge is 2.14. The lowest BCUT2D eigenvalue weighted by Gasteiger charge is -2.07. The van der Waals surface area contributed by atoms with E-state index < -0.39 is 18.4 Å². The predicted octanol–water partition coefficient (Wildman–Crippen LogP) is 2.58. The molecule has 0 N–H and O–H groups in total. The van der Waals surface area contributed by atoms with E-state index in [0.717, 1.165) is 22.3 Å². The zero-order chi connectivity index (χ0) is 16.1. The van der Waals surface area contributed by atoms with Crippen LogP contribution in [0.2, 0.25) is 0 Å². The highest BCUT2D eigenvalue weighted by atomic mass is 16.6. The number of ether oxygens (including phenoxy) is 2. The summed E-state index contributed by atoms with van der Waals surface area (Å²) in [6.45, 7) is 0.164. The topological polar surface area (TPSA) is 52.6 Å². The molecule has 0 fully saturated rings. The second-order valence-corrected chi connectivity index (χ2v) is 5.06. The number of rotatable bonds is 0. The van der Waals surface area contributed by atoms with Gasteiger partial charge in [-0.05, 0) is 12.1 Å². The van der Waals surface area contributed by atoms with Crippen molar-refractivity contribution in [2.24, 2.45) is 0 Å². The van der Waals surface area contributed by atoms with Crippen LogP contribution in [-0.4, -0.2) is 11.9 Å². The number of cyclic esters (lactones) is 2. The SMILES string of the molecule is O=C1CC(=O)OCc2ccccc2C#Cc2ccccc2CO1. The number of fused-ring (bicyclic) bond motifs is 2. The minimum Gasteiger partial charge on any atom is -0.460 e. The van der Waals surface area contributed by atoms with Crippen molar-refractivity contribution in [3.05, 3.63) is 70.8 Å². The Labute approximate surface area is 134 Å². The van der Waals surface area contributed by atoms with E-state index in [-0.39, 0.29) is 13.2 Å². The lowest BCUT2D eigenvalue weighted by molar-refractivity contribution is -0.156. The maximum atomic E-state index is 11.7. The van der Waals surface area contributed by atoms with Gasteiger partial charge < -0.3 is 9.47 Å². The van der Waals surface area contributed by atoms with Gasteiger partial charge in [0.25, 0.3) is 0 Å². The quantitative estimate of drug-likeness (QED) is 0.426. The highest BCUT2D eigenvalue weighted by Crippen LogP contribution is 2.13. The van der Waals surface area contributed by atoms with E-state index in [9.17, 15) is 9.59 Å². The number of esters is 2. The van der Waals surface area contributed by atoms with Gasteiger partial charge in [0.15, 0.2) is 0 Å². The first-order valence-electron chi connectivity index (χ1n) is 7.21. The van der Waals surface area contributed by atoms with Gasteiger partial charge in [0, 0.05) is 22.3 Å². The molecule has 0 radical (unpaired) electrons. The number of carbonyl (C=O) groups excluding carboxylic acids is 2. The summed E-state index contributed by atoms with van der Waals surface area (Å²) in [6, 6.07) is 14.9. The van der Waals surface area contributed by atoms with Crippen LogP contribution in [0.3, 0.4) is 0 Å². The van der Waals surface area contributed by atoms with Crippen molar-refractivity contribution >= 4 is 11.9 Å². The number of carbonyl (C=O) groups is 2. The molecule has 1 aliphatic heterocycles. The molecule has 4 heteroatoms. The summed E-state index contributed by atoms with van der Waals surface area (Å²) in [4.78, 5) is 23.4. The van der Waals surface area contributed by atoms with Crippen LogP contribution >= 0.6 is 0 Å². The van der Waals surface area contributed by atoms with Gasteiger partial charge in [-0.15, -0.1) is 0 Å². The van der Waals surface area contributed by atoms with Crippen LogP contribution in [0.25, 0.3) is 0 Å². The molecule has 2 aromatic rings. The lowest BCUT2D eigenvalue weighted by Crippen LogP contribution is -2.14. The van der Waals surface area contributed by atoms with Gasteiger partial charge in [-0.1, -0.05) is 48.2 Å². The first-order chi connectivity index (χ1) is 11.2. The van der Waals surface area contributed by atoms with Crippen LogP contribution in [-0.2, 0) is 32.3 Å². The summed E-state index contributed by atoms with van der Waals surface area (Å²) >= 11 is 0. The minimum absolute atomic E-state index is 0.0820. The highest BCUT2D eigenvalue weighted by molar-refractivity contribution is 5.91. The first-order valence-corrected chi connectivity index (χ1v) is 7.21. The Balaban J connectivity index is 2.02. The summed E-state index contributed by atoms with van der Waals surface area (Å²) in [6.07, 6.45) is -0.398. The Morgan fingerprint density at radius 3 is 1.61 bits per heavy atom. The number of hydrogen-bond acceptors (Lipinski definition) is 4. The Kier molecular flexibility index (Phi) is 4.39. The zero-order valence-corrected chi connectivity index (χ0v) is 12.4. The molecule has 1 heterocycles. The van der Waals surface area contributed by atoms with Gasteiger partial charge in [0.1, 0.15) is 19.6 Å². The predicted molar refractivity (Wildman–Crippen MR) is 83.1 cm³/mol. The molecule has 4 nitrogen and oxygen atoms in total. The van der Waals surface area contributed by atoms with Crippen molar-refractivity contribution in [1.29, 1.82) is 0 Å². The van der Waals surface area contributed by atoms with Crippen LogP contribution < -0.4 is 0 Å². The largest absolute Gasteiger partial charge is 0.460 e. The summed E-state index contributed by atoms with van der Waals surface area (Å²) in [7, 11) is 0. The summed E-state index contributed by atoms with van der Waals surface area (Å²) in [5.74, 6) is 4.99. The van der Waals surface area contributed by atoms with E-state index in [0.29, 0.717) is 0 Å². The van der Waals surface area contributed by atoms with Crippen molar-refractivity contribution in [3.63, 3.8) is 0 Å². The van der Waals surface area contributed by atoms with E-state index in [1.165, 1.54) is 0 Å². The summed E-state index contributed by atoms with van der Waals surface area (Å²) < 4.78 is 10.2. The molecule has 0 saturated carbocycles. The van der Waals surface area contributed by atoms with E-state index in [1.54, 1.807) is 0 Å². The Morgan fingerprint density at radius 1 is 0.696 bits per heavy atom. The lowest BCUT2D eigenvalue weighted by atomic mass is 10.1. The molecule has 1 aliphatic rings. The molecule has 0 atom stereocenters. The Morgan fingerprint density at radius 2 is 1.13 bits per heavy atom. The molecule has 0 spiro atoms. The molecule has 0 aromatic heterocycles. The fourth-order valence-electron chi connectivity index (χ4n) is 2.21. The third kappa shape index (κ3) is 3.78. The zero-order valence-electron chi connectivity index (χ0n) is 12.4. The van der Waals surface area contributed by atoms with Gasteiger partial charge in [0.2, 0.25) is 0 Å². The molecule has 23 heavy (non-hydrogen) atoms. The standard InChI is InChI=1S/C19H14O4/c20-18-11-19(21)23-13-17-8-4-2-6-15(17)10-9-14-5-1-3-7-16(14)12-22-18/h1-8H,11-13H2. The molecule has 0 saturated heterocycles. The second kappa shape index (κ2) is 6.80. The average molecular weight is 306 g/mol. The molecular weight excluding hydrogens is 292 g/mol. The number of benzene rings is 2. The summed E-state index contributed by atoms with van der Waals surface area (Å²) in [5, 5.41) is 0. The van der Waals surface area contributed by atoms with E-state index >= 15 is 0 Å².